The van der Waals surface area contributed by atoms with E-state index in [4.69, 9.17) is 5.73 Å². The molecule has 2 aromatic rings. The van der Waals surface area contributed by atoms with Crippen LogP contribution in [0.15, 0.2) is 34.1 Å². The normalized spacial score (nSPS) is 13.9. The van der Waals surface area contributed by atoms with Crippen LogP contribution in [0.5, 0.6) is 0 Å². The zero-order valence-electron chi connectivity index (χ0n) is 11.4. The summed E-state index contributed by atoms with van der Waals surface area (Å²) in [6.07, 6.45) is 2.05. The molecule has 4 nitrogen and oxygen atoms in total. The maximum absolute atomic E-state index is 11.1. The van der Waals surface area contributed by atoms with Crippen LogP contribution in [0.3, 0.4) is 0 Å². The van der Waals surface area contributed by atoms with Crippen molar-refractivity contribution in [3.63, 3.8) is 0 Å². The van der Waals surface area contributed by atoms with E-state index >= 15 is 0 Å². The lowest BCUT2D eigenvalue weighted by molar-refractivity contribution is 0.259. The van der Waals surface area contributed by atoms with Crippen molar-refractivity contribution >= 4 is 44.7 Å². The topological polar surface area (TPSA) is 58.4 Å². The third-order valence-corrected chi connectivity index (χ3v) is 5.26. The van der Waals surface area contributed by atoms with Crippen LogP contribution in [0.4, 0.5) is 16.2 Å². The molecule has 0 fully saturated rings. The van der Waals surface area contributed by atoms with Crippen molar-refractivity contribution in [1.82, 2.24) is 0 Å². The molecular weight excluding hydrogens is 350 g/mol. The number of rotatable bonds is 3. The van der Waals surface area contributed by atoms with Gasteiger partial charge in [0.15, 0.2) is 0 Å². The van der Waals surface area contributed by atoms with Crippen molar-refractivity contribution < 1.29 is 4.79 Å². The highest BCUT2D eigenvalue weighted by Gasteiger charge is 2.20. The molecule has 6 heteroatoms. The Bertz CT molecular complexity index is 671. The van der Waals surface area contributed by atoms with E-state index in [-0.39, 0.29) is 0 Å². The lowest BCUT2D eigenvalue weighted by atomic mass is 9.99. The van der Waals surface area contributed by atoms with Crippen LogP contribution in [0, 0.1) is 0 Å². The summed E-state index contributed by atoms with van der Waals surface area (Å²) in [5.74, 6) is 0. The van der Waals surface area contributed by atoms with Crippen LogP contribution in [0.1, 0.15) is 16.9 Å². The van der Waals surface area contributed by atoms with E-state index in [9.17, 15) is 4.79 Å². The first kappa shape index (κ1) is 14.4. The van der Waals surface area contributed by atoms with Crippen LogP contribution in [-0.4, -0.2) is 12.6 Å². The molecule has 1 aromatic heterocycles. The van der Waals surface area contributed by atoms with Gasteiger partial charge in [-0.2, -0.15) is 0 Å². The summed E-state index contributed by atoms with van der Waals surface area (Å²) in [7, 11) is 0. The molecule has 0 saturated carbocycles. The van der Waals surface area contributed by atoms with E-state index in [2.05, 4.69) is 43.7 Å². The molecule has 1 aliphatic rings. The third kappa shape index (κ3) is 3.22. The summed E-state index contributed by atoms with van der Waals surface area (Å²) in [6.45, 7) is 1.92. The van der Waals surface area contributed by atoms with E-state index in [1.54, 1.807) is 11.3 Å². The number of nitrogens with two attached hydrogens (primary N) is 1. The minimum absolute atomic E-state index is 0.511. The number of nitrogens with one attached hydrogen (secondary N) is 1. The Labute approximate surface area is 136 Å². The number of benzene rings is 1. The minimum atomic E-state index is -0.511. The average molecular weight is 366 g/mol. The molecule has 0 unspecified atom stereocenters. The molecule has 1 aromatic carbocycles. The number of hydrogen-bond acceptors (Lipinski definition) is 3. The molecule has 0 atom stereocenters. The van der Waals surface area contributed by atoms with E-state index in [1.807, 2.05) is 12.1 Å². The number of amides is 2. The highest BCUT2D eigenvalue weighted by Crippen LogP contribution is 2.34. The van der Waals surface area contributed by atoms with Gasteiger partial charge in [-0.3, -0.25) is 0 Å². The molecule has 0 aliphatic carbocycles. The zero-order chi connectivity index (χ0) is 14.8. The molecule has 1 aliphatic heterocycles. The molecular formula is C15H16BrN3OS. The maximum Gasteiger partial charge on any atom is 0.316 e. The molecule has 3 N–H and O–H groups in total. The number of fused-ring (bicyclic) bond motifs is 1. The lowest BCUT2D eigenvalue weighted by Gasteiger charge is -2.32. The number of nitrogens with zero attached hydrogens (tertiary/aromatic N) is 1. The Morgan fingerprint density at radius 2 is 2.33 bits per heavy atom. The van der Waals surface area contributed by atoms with Gasteiger partial charge in [0.25, 0.3) is 0 Å². The van der Waals surface area contributed by atoms with E-state index in [1.165, 1.54) is 16.1 Å². The summed E-state index contributed by atoms with van der Waals surface area (Å²) in [5.41, 5.74) is 8.45. The first-order valence-electron chi connectivity index (χ1n) is 6.79. The van der Waals surface area contributed by atoms with Crippen molar-refractivity contribution in [2.75, 3.05) is 16.8 Å². The van der Waals surface area contributed by atoms with Crippen molar-refractivity contribution in [3.8, 4) is 0 Å². The van der Waals surface area contributed by atoms with Crippen molar-refractivity contribution in [3.05, 3.63) is 44.6 Å². The second-order valence-corrected chi connectivity index (χ2v) is 6.96. The van der Waals surface area contributed by atoms with Crippen molar-refractivity contribution in [2.45, 2.75) is 19.4 Å². The number of halogens is 1. The molecule has 3 rings (SSSR count). The van der Waals surface area contributed by atoms with Gasteiger partial charge in [0.1, 0.15) is 0 Å². The SMILES string of the molecule is NC(=O)Nc1cccc2c1CCCN2Cc1cc(Br)cs1. The first-order chi connectivity index (χ1) is 10.1. The molecule has 2 amide bonds. The number of hydrogen-bond donors (Lipinski definition) is 2. The van der Waals surface area contributed by atoms with E-state index < -0.39 is 6.03 Å². The zero-order valence-corrected chi connectivity index (χ0v) is 13.8. The number of urea groups is 1. The summed E-state index contributed by atoms with van der Waals surface area (Å²) < 4.78 is 1.13. The highest BCUT2D eigenvalue weighted by molar-refractivity contribution is 9.10. The number of carbonyl (C=O) groups is 1. The number of anilines is 2. The van der Waals surface area contributed by atoms with Gasteiger partial charge in [0.05, 0.1) is 6.54 Å². The lowest BCUT2D eigenvalue weighted by Crippen LogP contribution is -2.29. The van der Waals surface area contributed by atoms with Crippen LogP contribution in [-0.2, 0) is 13.0 Å². The largest absolute Gasteiger partial charge is 0.366 e. The van der Waals surface area contributed by atoms with Gasteiger partial charge in [-0.1, -0.05) is 6.07 Å². The molecule has 110 valence electrons. The molecule has 2 heterocycles. The van der Waals surface area contributed by atoms with Gasteiger partial charge in [-0.25, -0.2) is 4.79 Å². The standard InChI is InChI=1S/C15H16BrN3OS/c16-10-7-11(21-9-10)8-19-6-2-3-12-13(18-15(17)20)4-1-5-14(12)19/h1,4-5,7,9H,2-3,6,8H2,(H3,17,18,20). The summed E-state index contributed by atoms with van der Waals surface area (Å²) in [4.78, 5) is 14.8. The number of primary amides is 1. The fourth-order valence-corrected chi connectivity index (χ4v) is 4.21. The third-order valence-electron chi connectivity index (χ3n) is 3.57. The fraction of sp³-hybridized carbons (Fsp3) is 0.267. The Morgan fingerprint density at radius 1 is 1.48 bits per heavy atom. The van der Waals surface area contributed by atoms with Crippen LogP contribution < -0.4 is 16.0 Å². The second-order valence-electron chi connectivity index (χ2n) is 5.05. The molecule has 0 saturated heterocycles. The Hall–Kier alpha value is -1.53. The van der Waals surface area contributed by atoms with Gasteiger partial charge in [-0.15, -0.1) is 11.3 Å². The fourth-order valence-electron chi connectivity index (χ4n) is 2.74. The van der Waals surface area contributed by atoms with Gasteiger partial charge >= 0.3 is 6.03 Å². The second kappa shape index (κ2) is 6.07. The maximum atomic E-state index is 11.1. The Morgan fingerprint density at radius 3 is 3.05 bits per heavy atom. The molecule has 0 spiro atoms. The van der Waals surface area contributed by atoms with Crippen molar-refractivity contribution in [1.29, 1.82) is 0 Å². The quantitative estimate of drug-likeness (QED) is 0.864. The minimum Gasteiger partial charge on any atom is -0.366 e. The first-order valence-corrected chi connectivity index (χ1v) is 8.47. The smallest absolute Gasteiger partial charge is 0.316 e. The van der Waals surface area contributed by atoms with Gasteiger partial charge in [0, 0.05) is 32.6 Å². The molecule has 0 bridgehead atoms. The summed E-state index contributed by atoms with van der Waals surface area (Å²) in [6, 6.07) is 7.64. The Balaban J connectivity index is 1.89. The molecule has 21 heavy (non-hydrogen) atoms. The monoisotopic (exact) mass is 365 g/mol. The Kier molecular flexibility index (Phi) is 4.17. The van der Waals surface area contributed by atoms with E-state index in [0.29, 0.717) is 0 Å². The number of thiophene rings is 1. The highest BCUT2D eigenvalue weighted by atomic mass is 79.9. The van der Waals surface area contributed by atoms with Gasteiger partial charge in [-0.05, 0) is 52.5 Å². The van der Waals surface area contributed by atoms with Crippen LogP contribution in [0.2, 0.25) is 0 Å². The predicted molar refractivity (Wildman–Crippen MR) is 91.0 cm³/mol. The summed E-state index contributed by atoms with van der Waals surface area (Å²) in [5, 5.41) is 4.83. The van der Waals surface area contributed by atoms with Crippen LogP contribution in [0.25, 0.3) is 0 Å². The predicted octanol–water partition coefficient (Wildman–Crippen LogP) is 3.95. The number of carbonyl (C=O) groups excluding carboxylic acids is 1. The van der Waals surface area contributed by atoms with Gasteiger partial charge in [0.2, 0.25) is 0 Å². The van der Waals surface area contributed by atoms with Gasteiger partial charge < -0.3 is 16.0 Å². The van der Waals surface area contributed by atoms with Crippen LogP contribution >= 0.6 is 27.3 Å². The van der Waals surface area contributed by atoms with E-state index in [0.717, 1.165) is 36.1 Å². The van der Waals surface area contributed by atoms with Crippen molar-refractivity contribution in [2.24, 2.45) is 5.73 Å². The molecule has 0 radical (unpaired) electrons. The average Bonchev–Trinajstić information content (AvgIpc) is 2.85. The summed E-state index contributed by atoms with van der Waals surface area (Å²) >= 11 is 5.25.